The maximum atomic E-state index is 12.2. The number of hydrogen-bond acceptors (Lipinski definition) is 5. The van der Waals surface area contributed by atoms with Gasteiger partial charge in [-0.1, -0.05) is 0 Å². The van der Waals surface area contributed by atoms with Crippen LogP contribution in [0.4, 0.5) is 0 Å². The predicted octanol–water partition coefficient (Wildman–Crippen LogP) is 1.03. The summed E-state index contributed by atoms with van der Waals surface area (Å²) >= 11 is 1.78. The minimum Gasteiger partial charge on any atom is -0.478 e. The number of carbonyl (C=O) groups is 1. The van der Waals surface area contributed by atoms with Crippen LogP contribution in [0.15, 0.2) is 23.1 Å². The summed E-state index contributed by atoms with van der Waals surface area (Å²) in [5.41, 5.74) is -0.152. The predicted molar refractivity (Wildman–Crippen MR) is 76.1 cm³/mol. The fourth-order valence-corrected chi connectivity index (χ4v) is 3.19. The van der Waals surface area contributed by atoms with E-state index in [9.17, 15) is 13.2 Å². The zero-order chi connectivity index (χ0) is 15.3. The standard InChI is InChI=1S/C11H8IN3O4S/c12-10-2-1-8(7-9(10)11(16)17)20(18,19)15(5-3-13)6-4-14/h1-2,7H,5-6H2,(H,16,17). The third kappa shape index (κ3) is 3.45. The van der Waals surface area contributed by atoms with Gasteiger partial charge in [-0.15, -0.1) is 0 Å². The van der Waals surface area contributed by atoms with Crippen molar-refractivity contribution >= 4 is 38.6 Å². The Morgan fingerprint density at radius 2 is 1.85 bits per heavy atom. The van der Waals surface area contributed by atoms with Crippen LogP contribution in [0.2, 0.25) is 0 Å². The highest BCUT2D eigenvalue weighted by Gasteiger charge is 2.25. The van der Waals surface area contributed by atoms with Crippen molar-refractivity contribution < 1.29 is 18.3 Å². The van der Waals surface area contributed by atoms with Crippen molar-refractivity contribution in [2.45, 2.75) is 4.90 Å². The second-order valence-electron chi connectivity index (χ2n) is 3.54. The average Bonchev–Trinajstić information content (AvgIpc) is 2.38. The number of sulfonamides is 1. The van der Waals surface area contributed by atoms with Crippen LogP contribution in [-0.2, 0) is 10.0 Å². The molecule has 1 aromatic rings. The van der Waals surface area contributed by atoms with Crippen molar-refractivity contribution in [2.24, 2.45) is 0 Å². The molecule has 7 nitrogen and oxygen atoms in total. The van der Waals surface area contributed by atoms with Crippen LogP contribution in [0.25, 0.3) is 0 Å². The molecule has 0 bridgehead atoms. The second kappa shape index (κ2) is 6.65. The minimum absolute atomic E-state index is 0.152. The molecule has 0 saturated carbocycles. The third-order valence-corrected chi connectivity index (χ3v) is 5.03. The van der Waals surface area contributed by atoms with Gasteiger partial charge < -0.3 is 5.11 Å². The highest BCUT2D eigenvalue weighted by molar-refractivity contribution is 14.1. The van der Waals surface area contributed by atoms with E-state index in [2.05, 4.69) is 0 Å². The van der Waals surface area contributed by atoms with Gasteiger partial charge in [-0.3, -0.25) is 0 Å². The van der Waals surface area contributed by atoms with Crippen LogP contribution in [0.3, 0.4) is 0 Å². The minimum atomic E-state index is -4.08. The van der Waals surface area contributed by atoms with Gasteiger partial charge in [0, 0.05) is 3.57 Å². The lowest BCUT2D eigenvalue weighted by Crippen LogP contribution is -2.32. The average molecular weight is 405 g/mol. The molecule has 20 heavy (non-hydrogen) atoms. The van der Waals surface area contributed by atoms with Crippen LogP contribution in [-0.4, -0.2) is 36.9 Å². The van der Waals surface area contributed by atoms with Gasteiger partial charge in [0.15, 0.2) is 0 Å². The second-order valence-corrected chi connectivity index (χ2v) is 6.64. The lowest BCUT2D eigenvalue weighted by atomic mass is 10.2. The van der Waals surface area contributed by atoms with Crippen molar-refractivity contribution in [3.63, 3.8) is 0 Å². The van der Waals surface area contributed by atoms with Gasteiger partial charge in [-0.25, -0.2) is 13.2 Å². The fourth-order valence-electron chi connectivity index (χ4n) is 1.36. The molecule has 9 heteroatoms. The first kappa shape index (κ1) is 16.4. The highest BCUT2D eigenvalue weighted by atomic mass is 127. The number of hydrogen-bond donors (Lipinski definition) is 1. The topological polar surface area (TPSA) is 122 Å². The Bertz CT molecular complexity index is 702. The summed E-state index contributed by atoms with van der Waals surface area (Å²) in [6, 6.07) is 6.92. The highest BCUT2D eigenvalue weighted by Crippen LogP contribution is 2.21. The quantitative estimate of drug-likeness (QED) is 0.577. The van der Waals surface area contributed by atoms with Crippen molar-refractivity contribution in [2.75, 3.05) is 13.1 Å². The van der Waals surface area contributed by atoms with E-state index in [1.54, 1.807) is 34.7 Å². The monoisotopic (exact) mass is 405 g/mol. The Balaban J connectivity index is 3.35. The maximum Gasteiger partial charge on any atom is 0.336 e. The Morgan fingerprint density at radius 3 is 2.30 bits per heavy atom. The van der Waals surface area contributed by atoms with Gasteiger partial charge in [0.1, 0.15) is 13.1 Å². The van der Waals surface area contributed by atoms with Crippen LogP contribution in [0.5, 0.6) is 0 Å². The summed E-state index contributed by atoms with van der Waals surface area (Å²) in [6.07, 6.45) is 0. The molecule has 0 fully saturated rings. The number of carboxylic acid groups (broad SMARTS) is 1. The van der Waals surface area contributed by atoms with E-state index < -0.39 is 29.1 Å². The van der Waals surface area contributed by atoms with Gasteiger partial charge in [-0.05, 0) is 40.8 Å². The maximum absolute atomic E-state index is 12.2. The van der Waals surface area contributed by atoms with E-state index in [1.807, 2.05) is 0 Å². The zero-order valence-electron chi connectivity index (χ0n) is 9.95. The summed E-state index contributed by atoms with van der Waals surface area (Å²) in [5.74, 6) is -1.25. The molecule has 0 spiro atoms. The molecular formula is C11H8IN3O4S. The molecule has 1 N–H and O–H groups in total. The van der Waals surface area contributed by atoms with Gasteiger partial charge >= 0.3 is 5.97 Å². The fraction of sp³-hybridized carbons (Fsp3) is 0.182. The normalized spacial score (nSPS) is 10.8. The lowest BCUT2D eigenvalue weighted by Gasteiger charge is -2.16. The molecule has 0 unspecified atom stereocenters. The first-order valence-electron chi connectivity index (χ1n) is 5.11. The van der Waals surface area contributed by atoms with Gasteiger partial charge in [0.05, 0.1) is 22.6 Å². The summed E-state index contributed by atoms with van der Waals surface area (Å²) in [6.45, 7) is -0.964. The van der Waals surface area contributed by atoms with Crippen molar-refractivity contribution in [1.29, 1.82) is 10.5 Å². The Morgan fingerprint density at radius 1 is 1.30 bits per heavy atom. The zero-order valence-corrected chi connectivity index (χ0v) is 12.9. The van der Waals surface area contributed by atoms with Crippen molar-refractivity contribution in [1.82, 2.24) is 4.31 Å². The van der Waals surface area contributed by atoms with E-state index >= 15 is 0 Å². The largest absolute Gasteiger partial charge is 0.478 e. The summed E-state index contributed by atoms with van der Waals surface area (Å²) < 4.78 is 25.5. The number of nitriles is 2. The number of nitrogens with zero attached hydrogens (tertiary/aromatic N) is 3. The number of carboxylic acids is 1. The van der Waals surface area contributed by atoms with Gasteiger partial charge in [-0.2, -0.15) is 14.8 Å². The smallest absolute Gasteiger partial charge is 0.336 e. The summed E-state index contributed by atoms with van der Waals surface area (Å²) in [4.78, 5) is 10.7. The number of aromatic carboxylic acids is 1. The molecule has 1 rings (SSSR count). The first-order chi connectivity index (χ1) is 9.34. The summed E-state index contributed by atoms with van der Waals surface area (Å²) in [5, 5.41) is 26.2. The van der Waals surface area contributed by atoms with E-state index in [0.29, 0.717) is 7.88 Å². The molecule has 0 saturated heterocycles. The van der Waals surface area contributed by atoms with E-state index in [4.69, 9.17) is 15.6 Å². The molecule has 0 radical (unpaired) electrons. The molecule has 104 valence electrons. The van der Waals surface area contributed by atoms with Crippen LogP contribution >= 0.6 is 22.6 Å². The van der Waals surface area contributed by atoms with Gasteiger partial charge in [0.25, 0.3) is 0 Å². The Kier molecular flexibility index (Phi) is 5.44. The molecule has 0 atom stereocenters. The summed E-state index contributed by atoms with van der Waals surface area (Å²) in [7, 11) is -4.08. The Hall–Kier alpha value is -1.69. The Labute approximate surface area is 129 Å². The SMILES string of the molecule is N#CCN(CC#N)S(=O)(=O)c1ccc(I)c(C(=O)O)c1. The molecule has 0 aliphatic carbocycles. The van der Waals surface area contributed by atoms with Crippen molar-refractivity contribution in [3.05, 3.63) is 27.3 Å². The van der Waals surface area contributed by atoms with Gasteiger partial charge in [0.2, 0.25) is 10.0 Å². The van der Waals surface area contributed by atoms with Crippen LogP contribution < -0.4 is 0 Å². The van der Waals surface area contributed by atoms with Crippen LogP contribution in [0.1, 0.15) is 10.4 Å². The molecule has 0 heterocycles. The molecule has 0 aliphatic rings. The van der Waals surface area contributed by atoms with Crippen LogP contribution in [0, 0.1) is 26.2 Å². The number of rotatable bonds is 5. The molecule has 0 aliphatic heterocycles. The van der Waals surface area contributed by atoms with Crippen molar-refractivity contribution in [3.8, 4) is 12.1 Å². The number of halogens is 1. The molecular weight excluding hydrogens is 397 g/mol. The number of benzene rings is 1. The lowest BCUT2D eigenvalue weighted by molar-refractivity contribution is 0.0695. The van der Waals surface area contributed by atoms with E-state index in [0.717, 1.165) is 6.07 Å². The first-order valence-corrected chi connectivity index (χ1v) is 7.63. The third-order valence-electron chi connectivity index (χ3n) is 2.30. The van der Waals surface area contributed by atoms with E-state index in [-0.39, 0.29) is 10.5 Å². The van der Waals surface area contributed by atoms with E-state index in [1.165, 1.54) is 12.1 Å². The molecule has 1 aromatic carbocycles. The molecule has 0 amide bonds. The molecule has 0 aromatic heterocycles.